The molecule has 78 valence electrons. The fourth-order valence-corrected chi connectivity index (χ4v) is 1.62. The maximum atomic E-state index is 10.4. The SMILES string of the molecule is CC(C(=O)O)C(C(=O)O)S(=O)(=O)O.[H-].[Na+]. The molecule has 0 aromatic carbocycles. The molecule has 0 aliphatic carbocycles. The van der Waals surface area contributed by atoms with E-state index in [1.807, 2.05) is 0 Å². The molecule has 0 aliphatic rings. The second kappa shape index (κ2) is 5.66. The minimum atomic E-state index is -4.89. The number of hydrogen-bond acceptors (Lipinski definition) is 4. The summed E-state index contributed by atoms with van der Waals surface area (Å²) in [5, 5.41) is 14.3. The molecule has 0 amide bonds. The Morgan fingerprint density at radius 1 is 1.21 bits per heavy atom. The van der Waals surface area contributed by atoms with Crippen molar-refractivity contribution < 1.29 is 63.8 Å². The summed E-state index contributed by atoms with van der Waals surface area (Å²) >= 11 is 0. The molecule has 0 saturated heterocycles. The topological polar surface area (TPSA) is 129 Å². The van der Waals surface area contributed by atoms with Gasteiger partial charge in [0.1, 0.15) is 0 Å². The molecule has 14 heavy (non-hydrogen) atoms. The van der Waals surface area contributed by atoms with Crippen molar-refractivity contribution in [3.63, 3.8) is 0 Å². The molecule has 0 heterocycles. The van der Waals surface area contributed by atoms with E-state index in [1.165, 1.54) is 0 Å². The van der Waals surface area contributed by atoms with Crippen molar-refractivity contribution in [3.05, 3.63) is 0 Å². The third-order valence-corrected chi connectivity index (χ3v) is 2.66. The third kappa shape index (κ3) is 4.38. The summed E-state index contributed by atoms with van der Waals surface area (Å²) in [6, 6.07) is 0. The van der Waals surface area contributed by atoms with Crippen LogP contribution in [0.25, 0.3) is 0 Å². The summed E-state index contributed by atoms with van der Waals surface area (Å²) in [6.45, 7) is 0.884. The largest absolute Gasteiger partial charge is 1.00 e. The molecule has 0 saturated carbocycles. The van der Waals surface area contributed by atoms with E-state index in [2.05, 4.69) is 0 Å². The maximum absolute atomic E-state index is 10.4. The Hall–Kier alpha value is -0.150. The molecule has 3 N–H and O–H groups in total. The van der Waals surface area contributed by atoms with Crippen LogP contribution in [-0.4, -0.2) is 40.4 Å². The average molecular weight is 236 g/mol. The Morgan fingerprint density at radius 2 is 1.57 bits per heavy atom. The van der Waals surface area contributed by atoms with Crippen molar-refractivity contribution in [2.45, 2.75) is 12.2 Å². The number of rotatable bonds is 4. The van der Waals surface area contributed by atoms with Crippen LogP contribution in [0.1, 0.15) is 8.35 Å². The molecule has 2 unspecified atom stereocenters. The molecule has 0 spiro atoms. The number of carboxylic acids is 2. The first-order valence-corrected chi connectivity index (χ1v) is 4.60. The first kappa shape index (κ1) is 16.3. The summed E-state index contributed by atoms with van der Waals surface area (Å²) in [4.78, 5) is 20.5. The van der Waals surface area contributed by atoms with Crippen LogP contribution in [0.4, 0.5) is 0 Å². The molecule has 0 radical (unpaired) electrons. The third-order valence-electron chi connectivity index (χ3n) is 1.41. The van der Waals surface area contributed by atoms with E-state index in [0.717, 1.165) is 6.92 Å². The van der Waals surface area contributed by atoms with Crippen LogP contribution >= 0.6 is 0 Å². The van der Waals surface area contributed by atoms with Gasteiger partial charge in [-0.05, 0) is 6.92 Å². The van der Waals surface area contributed by atoms with Gasteiger partial charge in [0.2, 0.25) is 0 Å². The smallest absolute Gasteiger partial charge is 1.00 e. The first-order valence-electron chi connectivity index (χ1n) is 3.10. The van der Waals surface area contributed by atoms with Crippen LogP contribution in [0, 0.1) is 5.92 Å². The number of carbonyl (C=O) groups is 2. The molecule has 7 nitrogen and oxygen atoms in total. The Kier molecular flexibility index (Phi) is 6.59. The Bertz CT molecular complexity index is 326. The van der Waals surface area contributed by atoms with Gasteiger partial charge in [-0.15, -0.1) is 0 Å². The van der Waals surface area contributed by atoms with Crippen LogP contribution in [0.5, 0.6) is 0 Å². The Morgan fingerprint density at radius 3 is 1.64 bits per heavy atom. The van der Waals surface area contributed by atoms with Gasteiger partial charge in [-0.25, -0.2) is 0 Å². The van der Waals surface area contributed by atoms with Gasteiger partial charge >= 0.3 is 41.5 Å². The van der Waals surface area contributed by atoms with E-state index in [-0.39, 0.29) is 31.0 Å². The van der Waals surface area contributed by atoms with Crippen molar-refractivity contribution in [1.29, 1.82) is 0 Å². The fourth-order valence-electron chi connectivity index (χ4n) is 0.729. The van der Waals surface area contributed by atoms with Gasteiger partial charge in [0.15, 0.2) is 5.25 Å². The predicted octanol–water partition coefficient (Wildman–Crippen LogP) is -3.84. The molecule has 0 bridgehead atoms. The number of hydrogen-bond donors (Lipinski definition) is 3. The maximum Gasteiger partial charge on any atom is 1.00 e. The summed E-state index contributed by atoms with van der Waals surface area (Å²) < 4.78 is 29.3. The summed E-state index contributed by atoms with van der Waals surface area (Å²) in [7, 11) is -4.89. The van der Waals surface area contributed by atoms with Crippen molar-refractivity contribution in [2.75, 3.05) is 0 Å². The normalized spacial score (nSPS) is 15.0. The standard InChI is InChI=1S/C5H8O7S.Na.H/c1-2(4(6)7)3(5(8)9)13(10,11)12;;/h2-3H,1H3,(H,6,7)(H,8,9)(H,10,11,12);;/q;+1;-1. The van der Waals surface area contributed by atoms with Gasteiger partial charge in [-0.3, -0.25) is 14.1 Å². The van der Waals surface area contributed by atoms with E-state index in [0.29, 0.717) is 0 Å². The molecule has 0 aliphatic heterocycles. The van der Waals surface area contributed by atoms with Gasteiger partial charge in [-0.2, -0.15) is 8.42 Å². The molecule has 0 aromatic rings. The zero-order valence-corrected chi connectivity index (χ0v) is 10.4. The molecule has 0 aromatic heterocycles. The van der Waals surface area contributed by atoms with Crippen LogP contribution in [0.3, 0.4) is 0 Å². The van der Waals surface area contributed by atoms with E-state index >= 15 is 0 Å². The second-order valence-electron chi connectivity index (χ2n) is 2.40. The van der Waals surface area contributed by atoms with Crippen LogP contribution in [-0.2, 0) is 19.7 Å². The molecule has 0 rings (SSSR count). The fraction of sp³-hybridized carbons (Fsp3) is 0.600. The molecule has 9 heteroatoms. The van der Waals surface area contributed by atoms with Crippen LogP contribution < -0.4 is 29.6 Å². The second-order valence-corrected chi connectivity index (χ2v) is 3.94. The van der Waals surface area contributed by atoms with Crippen molar-refractivity contribution in [1.82, 2.24) is 0 Å². The van der Waals surface area contributed by atoms with Gasteiger partial charge in [0.25, 0.3) is 10.1 Å². The van der Waals surface area contributed by atoms with Gasteiger partial charge in [0.05, 0.1) is 5.92 Å². The van der Waals surface area contributed by atoms with Gasteiger partial charge in [0, 0.05) is 0 Å². The van der Waals surface area contributed by atoms with E-state index < -0.39 is 33.2 Å². The minimum Gasteiger partial charge on any atom is -1.00 e. The molecular weight excluding hydrogens is 227 g/mol. The minimum absolute atomic E-state index is 0. The average Bonchev–Trinajstić information content (AvgIpc) is 1.82. The van der Waals surface area contributed by atoms with Crippen molar-refractivity contribution >= 4 is 22.1 Å². The Balaban J connectivity index is -0.000000720. The van der Waals surface area contributed by atoms with Crippen LogP contribution in [0.15, 0.2) is 0 Å². The van der Waals surface area contributed by atoms with E-state index in [4.69, 9.17) is 14.8 Å². The molecular formula is C5H9NaO7S. The zero-order chi connectivity index (χ0) is 10.8. The van der Waals surface area contributed by atoms with Crippen LogP contribution in [0.2, 0.25) is 0 Å². The number of carboxylic acid groups (broad SMARTS) is 2. The zero-order valence-electron chi connectivity index (χ0n) is 8.54. The monoisotopic (exact) mass is 236 g/mol. The molecule has 0 fully saturated rings. The molecule has 2 atom stereocenters. The van der Waals surface area contributed by atoms with Gasteiger partial charge < -0.3 is 11.6 Å². The summed E-state index contributed by atoms with van der Waals surface area (Å²) in [6.07, 6.45) is 0. The van der Waals surface area contributed by atoms with E-state index in [1.54, 1.807) is 0 Å². The van der Waals surface area contributed by atoms with Gasteiger partial charge in [-0.1, -0.05) is 0 Å². The summed E-state index contributed by atoms with van der Waals surface area (Å²) in [5.41, 5.74) is 0. The predicted molar refractivity (Wildman–Crippen MR) is 40.9 cm³/mol. The van der Waals surface area contributed by atoms with Crippen molar-refractivity contribution in [3.8, 4) is 0 Å². The number of aliphatic carboxylic acids is 2. The summed E-state index contributed by atoms with van der Waals surface area (Å²) in [5.74, 6) is -5.20. The van der Waals surface area contributed by atoms with E-state index in [9.17, 15) is 18.0 Å². The first-order chi connectivity index (χ1) is 5.68. The van der Waals surface area contributed by atoms with Crippen molar-refractivity contribution in [2.24, 2.45) is 5.92 Å². The quantitative estimate of drug-likeness (QED) is 0.337. The Labute approximate surface area is 104 Å².